The summed E-state index contributed by atoms with van der Waals surface area (Å²) in [5.41, 5.74) is 4.17. The van der Waals surface area contributed by atoms with E-state index in [9.17, 15) is 9.18 Å². The van der Waals surface area contributed by atoms with Crippen LogP contribution in [0.15, 0.2) is 79.0 Å². The number of para-hydroxylation sites is 1. The van der Waals surface area contributed by atoms with Gasteiger partial charge in [-0.25, -0.2) is 4.39 Å². The van der Waals surface area contributed by atoms with Crippen LogP contribution in [0.1, 0.15) is 35.4 Å². The molecule has 1 aromatic heterocycles. The molecule has 7 heteroatoms. The number of amides is 1. The maximum atomic E-state index is 13.5. The van der Waals surface area contributed by atoms with E-state index in [1.54, 1.807) is 0 Å². The number of ether oxygens (including phenoxy) is 1. The van der Waals surface area contributed by atoms with Crippen LogP contribution >= 0.6 is 11.6 Å². The molecule has 198 valence electrons. The first-order chi connectivity index (χ1) is 18.6. The van der Waals surface area contributed by atoms with Crippen molar-refractivity contribution in [3.05, 3.63) is 107 Å². The molecule has 38 heavy (non-hydrogen) atoms. The Kier molecular flexibility index (Phi) is 8.74. The normalized spacial score (nSPS) is 15.0. The topological polar surface area (TPSA) is 46.5 Å². The second kappa shape index (κ2) is 12.6. The molecule has 2 heterocycles. The number of halogens is 2. The van der Waals surface area contributed by atoms with Crippen LogP contribution in [-0.2, 0) is 16.1 Å². The molecule has 3 aromatic carbocycles. The molecule has 0 aliphatic carbocycles. The average molecular weight is 534 g/mol. The number of carbonyl (C=O) groups excluding carboxylic acids is 1. The Morgan fingerprint density at radius 1 is 1.03 bits per heavy atom. The van der Waals surface area contributed by atoms with Gasteiger partial charge in [0.2, 0.25) is 5.91 Å². The second-order valence-corrected chi connectivity index (χ2v) is 10.3. The minimum absolute atomic E-state index is 0.0207. The van der Waals surface area contributed by atoms with Crippen LogP contribution in [0.25, 0.3) is 10.9 Å². The molecule has 5 rings (SSSR count). The number of rotatable bonds is 10. The van der Waals surface area contributed by atoms with Gasteiger partial charge in [0, 0.05) is 60.6 Å². The summed E-state index contributed by atoms with van der Waals surface area (Å²) in [6.45, 7) is 5.67. The molecular weight excluding hydrogens is 501 g/mol. The Morgan fingerprint density at radius 2 is 1.82 bits per heavy atom. The molecule has 1 N–H and O–H groups in total. The Labute approximate surface area is 228 Å². The lowest BCUT2D eigenvalue weighted by Crippen LogP contribution is -2.38. The summed E-state index contributed by atoms with van der Waals surface area (Å²) in [7, 11) is 0. The van der Waals surface area contributed by atoms with Crippen molar-refractivity contribution in [2.45, 2.75) is 25.3 Å². The van der Waals surface area contributed by atoms with Crippen LogP contribution in [0.2, 0.25) is 5.02 Å². The number of aromatic nitrogens is 1. The first kappa shape index (κ1) is 26.4. The van der Waals surface area contributed by atoms with Gasteiger partial charge < -0.3 is 14.6 Å². The number of carbonyl (C=O) groups is 1. The number of hydrogen-bond acceptors (Lipinski definition) is 3. The Hall–Kier alpha value is -3.19. The summed E-state index contributed by atoms with van der Waals surface area (Å²) in [5.74, 6) is -0.386. The van der Waals surface area contributed by atoms with Gasteiger partial charge >= 0.3 is 0 Å². The van der Waals surface area contributed by atoms with E-state index in [-0.39, 0.29) is 17.6 Å². The molecular formula is C31H33ClFN3O2. The van der Waals surface area contributed by atoms with E-state index in [0.717, 1.165) is 66.9 Å². The van der Waals surface area contributed by atoms with Crippen LogP contribution in [0.3, 0.4) is 0 Å². The summed E-state index contributed by atoms with van der Waals surface area (Å²) >= 11 is 6.38. The molecule has 0 radical (unpaired) electrons. The summed E-state index contributed by atoms with van der Waals surface area (Å²) in [6, 6.07) is 22.6. The van der Waals surface area contributed by atoms with Gasteiger partial charge in [0.15, 0.2) is 0 Å². The maximum absolute atomic E-state index is 13.5. The summed E-state index contributed by atoms with van der Waals surface area (Å²) in [6.07, 6.45) is 3.36. The standard InChI is InChI=1S/C31H33ClFN3O2/c32-25-6-3-5-24(19-25)28(20-31(37)34-13-4-14-35-15-17-38-18-16-35)29-22-36(30-8-2-1-7-27(29)30)21-23-9-11-26(33)12-10-23/h1-3,5-12,19,22,28H,4,13-18,20-21H2,(H,34,37). The fraction of sp³-hybridized carbons (Fsp3) is 0.323. The van der Waals surface area contributed by atoms with Crippen LogP contribution in [0, 0.1) is 5.82 Å². The minimum Gasteiger partial charge on any atom is -0.379 e. The molecule has 1 unspecified atom stereocenters. The molecule has 4 aromatic rings. The van der Waals surface area contributed by atoms with Gasteiger partial charge in [-0.3, -0.25) is 9.69 Å². The number of morpholine rings is 1. The van der Waals surface area contributed by atoms with E-state index in [4.69, 9.17) is 16.3 Å². The van der Waals surface area contributed by atoms with Gasteiger partial charge in [0.1, 0.15) is 5.82 Å². The fourth-order valence-corrected chi connectivity index (χ4v) is 5.41. The van der Waals surface area contributed by atoms with E-state index < -0.39 is 0 Å². The monoisotopic (exact) mass is 533 g/mol. The molecule has 1 atom stereocenters. The number of nitrogens with one attached hydrogen (secondary N) is 1. The number of hydrogen-bond donors (Lipinski definition) is 1. The summed E-state index contributed by atoms with van der Waals surface area (Å²) < 4.78 is 21.1. The highest BCUT2D eigenvalue weighted by atomic mass is 35.5. The third kappa shape index (κ3) is 6.62. The molecule has 0 bridgehead atoms. The molecule has 0 spiro atoms. The van der Waals surface area contributed by atoms with Crippen molar-refractivity contribution in [2.75, 3.05) is 39.4 Å². The van der Waals surface area contributed by atoms with Crippen LogP contribution in [-0.4, -0.2) is 54.8 Å². The maximum Gasteiger partial charge on any atom is 0.220 e. The smallest absolute Gasteiger partial charge is 0.220 e. The van der Waals surface area contributed by atoms with Gasteiger partial charge in [0.25, 0.3) is 0 Å². The van der Waals surface area contributed by atoms with Crippen molar-refractivity contribution in [3.63, 3.8) is 0 Å². The lowest BCUT2D eigenvalue weighted by Gasteiger charge is -2.26. The van der Waals surface area contributed by atoms with Gasteiger partial charge in [-0.05, 0) is 60.0 Å². The molecule has 1 saturated heterocycles. The lowest BCUT2D eigenvalue weighted by atomic mass is 9.88. The largest absolute Gasteiger partial charge is 0.379 e. The molecule has 1 amide bonds. The third-order valence-electron chi connectivity index (χ3n) is 7.18. The van der Waals surface area contributed by atoms with Crippen molar-refractivity contribution in [2.24, 2.45) is 0 Å². The van der Waals surface area contributed by atoms with Crippen molar-refractivity contribution in [3.8, 4) is 0 Å². The highest BCUT2D eigenvalue weighted by Gasteiger charge is 2.23. The Morgan fingerprint density at radius 3 is 2.61 bits per heavy atom. The van der Waals surface area contributed by atoms with Gasteiger partial charge in [-0.15, -0.1) is 0 Å². The van der Waals surface area contributed by atoms with Crippen LogP contribution < -0.4 is 5.32 Å². The zero-order valence-electron chi connectivity index (χ0n) is 21.4. The molecule has 5 nitrogen and oxygen atoms in total. The van der Waals surface area contributed by atoms with Crippen molar-refractivity contribution in [1.82, 2.24) is 14.8 Å². The van der Waals surface area contributed by atoms with Crippen molar-refractivity contribution < 1.29 is 13.9 Å². The molecule has 0 saturated carbocycles. The second-order valence-electron chi connectivity index (χ2n) is 9.83. The van der Waals surface area contributed by atoms with E-state index in [1.165, 1.54) is 12.1 Å². The highest BCUT2D eigenvalue weighted by molar-refractivity contribution is 6.30. The zero-order chi connectivity index (χ0) is 26.3. The quantitative estimate of drug-likeness (QED) is 0.260. The number of benzene rings is 3. The first-order valence-electron chi connectivity index (χ1n) is 13.2. The SMILES string of the molecule is O=C(CC(c1cccc(Cl)c1)c1cn(Cc2ccc(F)cc2)c2ccccc12)NCCCN1CCOCC1. The number of nitrogens with zero attached hydrogens (tertiary/aromatic N) is 2. The average Bonchev–Trinajstić information content (AvgIpc) is 3.29. The molecule has 1 aliphatic heterocycles. The predicted molar refractivity (Wildman–Crippen MR) is 150 cm³/mol. The van der Waals surface area contributed by atoms with Crippen molar-refractivity contribution >= 4 is 28.4 Å². The number of fused-ring (bicyclic) bond motifs is 1. The highest BCUT2D eigenvalue weighted by Crippen LogP contribution is 2.36. The summed E-state index contributed by atoms with van der Waals surface area (Å²) in [5, 5.41) is 4.88. The minimum atomic E-state index is -0.246. The fourth-order valence-electron chi connectivity index (χ4n) is 5.21. The van der Waals surface area contributed by atoms with Crippen LogP contribution in [0.4, 0.5) is 4.39 Å². The van der Waals surface area contributed by atoms with E-state index in [0.29, 0.717) is 24.5 Å². The van der Waals surface area contributed by atoms with E-state index in [2.05, 4.69) is 33.1 Å². The zero-order valence-corrected chi connectivity index (χ0v) is 22.2. The van der Waals surface area contributed by atoms with Gasteiger partial charge in [-0.2, -0.15) is 0 Å². The van der Waals surface area contributed by atoms with E-state index >= 15 is 0 Å². The molecule has 1 fully saturated rings. The summed E-state index contributed by atoms with van der Waals surface area (Å²) in [4.78, 5) is 15.6. The Bertz CT molecular complexity index is 1370. The van der Waals surface area contributed by atoms with Gasteiger partial charge in [-0.1, -0.05) is 54.1 Å². The Balaban J connectivity index is 1.37. The van der Waals surface area contributed by atoms with Crippen molar-refractivity contribution in [1.29, 1.82) is 0 Å². The van der Waals surface area contributed by atoms with E-state index in [1.807, 2.05) is 48.5 Å². The van der Waals surface area contributed by atoms with Crippen LogP contribution in [0.5, 0.6) is 0 Å². The predicted octanol–water partition coefficient (Wildman–Crippen LogP) is 5.84. The lowest BCUT2D eigenvalue weighted by molar-refractivity contribution is -0.121. The molecule has 1 aliphatic rings. The first-order valence-corrected chi connectivity index (χ1v) is 13.6. The third-order valence-corrected chi connectivity index (χ3v) is 7.41. The van der Waals surface area contributed by atoms with Gasteiger partial charge in [0.05, 0.1) is 13.2 Å².